The molecule has 1 amide bonds. The van der Waals surface area contributed by atoms with Gasteiger partial charge in [-0.15, -0.1) is 10.2 Å². The van der Waals surface area contributed by atoms with Crippen molar-refractivity contribution >= 4 is 17.2 Å². The summed E-state index contributed by atoms with van der Waals surface area (Å²) in [6.07, 6.45) is 7.75. The first-order valence-electron chi connectivity index (χ1n) is 8.93. The summed E-state index contributed by atoms with van der Waals surface area (Å²) < 4.78 is 5.88. The predicted octanol–water partition coefficient (Wildman–Crippen LogP) is 4.08. The van der Waals surface area contributed by atoms with Crippen molar-refractivity contribution < 1.29 is 9.21 Å². The first-order chi connectivity index (χ1) is 11.8. The summed E-state index contributed by atoms with van der Waals surface area (Å²) in [7, 11) is 0. The molecule has 5 nitrogen and oxygen atoms in total. The fourth-order valence-electron chi connectivity index (χ4n) is 3.90. The van der Waals surface area contributed by atoms with Gasteiger partial charge in [0.1, 0.15) is 0 Å². The van der Waals surface area contributed by atoms with Crippen LogP contribution in [0.1, 0.15) is 56.8 Å². The highest BCUT2D eigenvalue weighted by atomic mass is 32.1. The molecule has 24 heavy (non-hydrogen) atoms. The second-order valence-corrected chi connectivity index (χ2v) is 7.77. The molecule has 1 atom stereocenters. The van der Waals surface area contributed by atoms with E-state index in [1.807, 2.05) is 21.7 Å². The molecule has 1 unspecified atom stereocenters. The summed E-state index contributed by atoms with van der Waals surface area (Å²) in [5.74, 6) is 2.34. The topological polar surface area (TPSA) is 59.2 Å². The Morgan fingerprint density at radius 1 is 1.25 bits per heavy atom. The molecule has 0 radical (unpaired) electrons. The van der Waals surface area contributed by atoms with Crippen LogP contribution < -0.4 is 0 Å². The van der Waals surface area contributed by atoms with Crippen LogP contribution in [-0.4, -0.2) is 34.1 Å². The highest BCUT2D eigenvalue weighted by molar-refractivity contribution is 7.08. The van der Waals surface area contributed by atoms with E-state index in [0.717, 1.165) is 37.9 Å². The van der Waals surface area contributed by atoms with E-state index < -0.39 is 0 Å². The molecule has 0 spiro atoms. The molecule has 1 aliphatic heterocycles. The molecule has 6 heteroatoms. The Morgan fingerprint density at radius 2 is 2.12 bits per heavy atom. The molecule has 0 aromatic carbocycles. The number of hydrogen-bond donors (Lipinski definition) is 0. The van der Waals surface area contributed by atoms with Crippen LogP contribution in [0.15, 0.2) is 21.2 Å². The van der Waals surface area contributed by atoms with Crippen LogP contribution in [0.4, 0.5) is 0 Å². The molecule has 3 heterocycles. The number of nitrogens with zero attached hydrogens (tertiary/aromatic N) is 3. The number of amides is 1. The van der Waals surface area contributed by atoms with Crippen molar-refractivity contribution in [2.45, 2.75) is 50.9 Å². The van der Waals surface area contributed by atoms with Crippen LogP contribution in [0, 0.1) is 5.92 Å². The predicted molar refractivity (Wildman–Crippen MR) is 92.7 cm³/mol. The lowest BCUT2D eigenvalue weighted by molar-refractivity contribution is -0.133. The zero-order valence-corrected chi connectivity index (χ0v) is 14.6. The van der Waals surface area contributed by atoms with Crippen molar-refractivity contribution in [3.05, 3.63) is 22.7 Å². The first-order valence-corrected chi connectivity index (χ1v) is 9.87. The van der Waals surface area contributed by atoms with E-state index in [0.29, 0.717) is 23.6 Å². The van der Waals surface area contributed by atoms with Gasteiger partial charge in [0, 0.05) is 30.5 Å². The van der Waals surface area contributed by atoms with Gasteiger partial charge in [0.05, 0.1) is 5.92 Å². The highest BCUT2D eigenvalue weighted by Gasteiger charge is 2.30. The molecule has 0 bridgehead atoms. The molecule has 1 saturated carbocycles. The standard InChI is InChI=1S/C18H23N3O2S/c22-16(10-13-4-1-2-5-13)21-8-3-6-14(11-21)17-19-20-18(23-17)15-7-9-24-12-15/h7,9,12-14H,1-6,8,10-11H2. The average molecular weight is 345 g/mol. The Kier molecular flexibility index (Phi) is 4.65. The largest absolute Gasteiger partial charge is 0.420 e. The fourth-order valence-corrected chi connectivity index (χ4v) is 4.53. The highest BCUT2D eigenvalue weighted by Crippen LogP contribution is 2.31. The lowest BCUT2D eigenvalue weighted by atomic mass is 9.96. The number of rotatable bonds is 4. The van der Waals surface area contributed by atoms with Gasteiger partial charge in [-0.3, -0.25) is 4.79 Å². The van der Waals surface area contributed by atoms with E-state index in [4.69, 9.17) is 4.42 Å². The molecule has 2 fully saturated rings. The lowest BCUT2D eigenvalue weighted by Crippen LogP contribution is -2.39. The summed E-state index contributed by atoms with van der Waals surface area (Å²) in [5, 5.41) is 12.4. The Balaban J connectivity index is 1.40. The minimum absolute atomic E-state index is 0.172. The second-order valence-electron chi connectivity index (χ2n) is 6.99. The average Bonchev–Trinajstić information content (AvgIpc) is 3.36. The van der Waals surface area contributed by atoms with Crippen molar-refractivity contribution in [1.82, 2.24) is 15.1 Å². The van der Waals surface area contributed by atoms with Crippen LogP contribution in [0.25, 0.3) is 11.5 Å². The minimum Gasteiger partial charge on any atom is -0.420 e. The third-order valence-electron chi connectivity index (χ3n) is 5.27. The van der Waals surface area contributed by atoms with Gasteiger partial charge >= 0.3 is 0 Å². The molecule has 4 rings (SSSR count). The van der Waals surface area contributed by atoms with Crippen LogP contribution in [0.2, 0.25) is 0 Å². The number of carbonyl (C=O) groups is 1. The van der Waals surface area contributed by atoms with E-state index in [-0.39, 0.29) is 5.92 Å². The van der Waals surface area contributed by atoms with Gasteiger partial charge in [-0.2, -0.15) is 11.3 Å². The number of aromatic nitrogens is 2. The smallest absolute Gasteiger partial charge is 0.248 e. The van der Waals surface area contributed by atoms with Crippen molar-refractivity contribution in [3.8, 4) is 11.5 Å². The third kappa shape index (κ3) is 3.38. The normalized spacial score (nSPS) is 22.2. The Bertz CT molecular complexity index is 676. The monoisotopic (exact) mass is 345 g/mol. The van der Waals surface area contributed by atoms with Gasteiger partial charge in [0.25, 0.3) is 0 Å². The fraction of sp³-hybridized carbons (Fsp3) is 0.611. The number of hydrogen-bond acceptors (Lipinski definition) is 5. The van der Waals surface area contributed by atoms with Crippen molar-refractivity contribution in [2.75, 3.05) is 13.1 Å². The number of piperidine rings is 1. The molecule has 2 aromatic rings. The Hall–Kier alpha value is -1.69. The van der Waals surface area contributed by atoms with Crippen LogP contribution in [-0.2, 0) is 4.79 Å². The van der Waals surface area contributed by atoms with Crippen molar-refractivity contribution in [2.24, 2.45) is 5.92 Å². The van der Waals surface area contributed by atoms with E-state index in [9.17, 15) is 4.79 Å². The Morgan fingerprint density at radius 3 is 2.92 bits per heavy atom. The van der Waals surface area contributed by atoms with Crippen LogP contribution in [0.3, 0.4) is 0 Å². The second kappa shape index (κ2) is 7.05. The number of carbonyl (C=O) groups excluding carboxylic acids is 1. The SMILES string of the molecule is O=C(CC1CCCC1)N1CCCC(c2nnc(-c3ccsc3)o2)C1. The zero-order chi connectivity index (χ0) is 16.4. The van der Waals surface area contributed by atoms with Gasteiger partial charge in [-0.1, -0.05) is 12.8 Å². The van der Waals surface area contributed by atoms with E-state index in [1.165, 1.54) is 25.7 Å². The van der Waals surface area contributed by atoms with E-state index in [2.05, 4.69) is 10.2 Å². The zero-order valence-electron chi connectivity index (χ0n) is 13.8. The van der Waals surface area contributed by atoms with Crippen LogP contribution >= 0.6 is 11.3 Å². The number of likely N-dealkylation sites (tertiary alicyclic amines) is 1. The lowest BCUT2D eigenvalue weighted by Gasteiger charge is -2.31. The molecule has 1 aliphatic carbocycles. The third-order valence-corrected chi connectivity index (χ3v) is 5.95. The van der Waals surface area contributed by atoms with Gasteiger partial charge in [-0.25, -0.2) is 0 Å². The molecule has 2 aromatic heterocycles. The molecule has 0 N–H and O–H groups in total. The van der Waals surface area contributed by atoms with E-state index >= 15 is 0 Å². The number of thiophene rings is 1. The molecule has 1 saturated heterocycles. The maximum absolute atomic E-state index is 12.6. The van der Waals surface area contributed by atoms with Crippen LogP contribution in [0.5, 0.6) is 0 Å². The quantitative estimate of drug-likeness (QED) is 0.837. The molecule has 128 valence electrons. The first kappa shape index (κ1) is 15.8. The van der Waals surface area contributed by atoms with Crippen molar-refractivity contribution in [3.63, 3.8) is 0 Å². The summed E-state index contributed by atoms with van der Waals surface area (Å²) in [6, 6.07) is 1.99. The maximum atomic E-state index is 12.6. The van der Waals surface area contributed by atoms with Gasteiger partial charge < -0.3 is 9.32 Å². The Labute approximate surface area is 146 Å². The summed E-state index contributed by atoms with van der Waals surface area (Å²) in [5.41, 5.74) is 0.976. The minimum atomic E-state index is 0.172. The summed E-state index contributed by atoms with van der Waals surface area (Å²) in [6.45, 7) is 1.59. The van der Waals surface area contributed by atoms with Gasteiger partial charge in [-0.05, 0) is 43.0 Å². The summed E-state index contributed by atoms with van der Waals surface area (Å²) >= 11 is 1.62. The maximum Gasteiger partial charge on any atom is 0.248 e. The van der Waals surface area contributed by atoms with Crippen molar-refractivity contribution in [1.29, 1.82) is 0 Å². The summed E-state index contributed by atoms with van der Waals surface area (Å²) in [4.78, 5) is 14.6. The van der Waals surface area contributed by atoms with E-state index in [1.54, 1.807) is 11.3 Å². The molecule has 2 aliphatic rings. The molecular weight excluding hydrogens is 322 g/mol. The van der Waals surface area contributed by atoms with Gasteiger partial charge in [0.2, 0.25) is 17.7 Å². The molecular formula is C18H23N3O2S. The van der Waals surface area contributed by atoms with Gasteiger partial charge in [0.15, 0.2) is 0 Å².